The summed E-state index contributed by atoms with van der Waals surface area (Å²) in [4.78, 5) is 28.5. The van der Waals surface area contributed by atoms with Gasteiger partial charge < -0.3 is 19.6 Å². The van der Waals surface area contributed by atoms with Crippen LogP contribution in [0.3, 0.4) is 0 Å². The Morgan fingerprint density at radius 2 is 1.87 bits per heavy atom. The summed E-state index contributed by atoms with van der Waals surface area (Å²) in [6.07, 6.45) is 0.846. The smallest absolute Gasteiger partial charge is 0.295 e. The molecule has 0 bridgehead atoms. The molecule has 0 unspecified atom stereocenters. The van der Waals surface area contributed by atoms with Gasteiger partial charge in [0.2, 0.25) is 0 Å². The van der Waals surface area contributed by atoms with Crippen molar-refractivity contribution in [2.24, 2.45) is 0 Å². The molecule has 1 aliphatic rings. The number of quaternary nitrogens is 1. The van der Waals surface area contributed by atoms with Crippen LogP contribution >= 0.6 is 0 Å². The van der Waals surface area contributed by atoms with Gasteiger partial charge in [-0.25, -0.2) is 4.39 Å². The van der Waals surface area contributed by atoms with Crippen LogP contribution in [0, 0.1) is 5.82 Å². The number of ketones is 1. The summed E-state index contributed by atoms with van der Waals surface area (Å²) in [5.41, 5.74) is 0.948. The predicted molar refractivity (Wildman–Crippen MR) is 115 cm³/mol. The highest BCUT2D eigenvalue weighted by molar-refractivity contribution is 6.46. The number of aliphatic hydroxyl groups is 1. The van der Waals surface area contributed by atoms with Crippen molar-refractivity contribution in [1.82, 2.24) is 4.90 Å². The van der Waals surface area contributed by atoms with Crippen molar-refractivity contribution in [1.29, 1.82) is 0 Å². The Morgan fingerprint density at radius 3 is 2.52 bits per heavy atom. The van der Waals surface area contributed by atoms with Crippen molar-refractivity contribution < 1.29 is 28.7 Å². The van der Waals surface area contributed by atoms with E-state index in [4.69, 9.17) is 4.74 Å². The molecule has 1 amide bonds. The van der Waals surface area contributed by atoms with Crippen LogP contribution in [0.5, 0.6) is 5.75 Å². The number of carbonyl (C=O) groups is 2. The van der Waals surface area contributed by atoms with Gasteiger partial charge in [0.25, 0.3) is 11.7 Å². The molecule has 2 aromatic carbocycles. The highest BCUT2D eigenvalue weighted by atomic mass is 19.1. The number of carbonyl (C=O) groups excluding carboxylic acids is 2. The van der Waals surface area contributed by atoms with E-state index in [0.717, 1.165) is 11.3 Å². The molecule has 1 fully saturated rings. The van der Waals surface area contributed by atoms with Crippen molar-refractivity contribution in [3.63, 3.8) is 0 Å². The molecular weight excluding hydrogens is 399 g/mol. The molecule has 6 nitrogen and oxygen atoms in total. The molecule has 7 heteroatoms. The molecule has 0 radical (unpaired) electrons. The molecule has 1 aliphatic heterocycles. The summed E-state index contributed by atoms with van der Waals surface area (Å²) in [6, 6.07) is 11.6. The number of nitrogens with one attached hydrogen (secondary N) is 1. The second kappa shape index (κ2) is 9.75. The second-order valence-corrected chi connectivity index (χ2v) is 7.88. The molecule has 0 saturated carbocycles. The van der Waals surface area contributed by atoms with E-state index < -0.39 is 23.5 Å². The van der Waals surface area contributed by atoms with Gasteiger partial charge in [-0.1, -0.05) is 19.1 Å². The van der Waals surface area contributed by atoms with Crippen LogP contribution < -0.4 is 9.64 Å². The first-order chi connectivity index (χ1) is 14.8. The number of ether oxygens (including phenoxy) is 1. The number of nitrogens with zero attached hydrogens (tertiary/aromatic N) is 1. The van der Waals surface area contributed by atoms with E-state index in [1.54, 1.807) is 12.1 Å². The van der Waals surface area contributed by atoms with Gasteiger partial charge in [0.15, 0.2) is 0 Å². The van der Waals surface area contributed by atoms with Crippen LogP contribution in [0.1, 0.15) is 30.5 Å². The molecule has 0 spiro atoms. The minimum atomic E-state index is -0.755. The molecule has 0 aromatic heterocycles. The normalized spacial score (nSPS) is 18.1. The lowest BCUT2D eigenvalue weighted by Crippen LogP contribution is -3.06. The average Bonchev–Trinajstić information content (AvgIpc) is 3.01. The third-order valence-corrected chi connectivity index (χ3v) is 5.16. The quantitative estimate of drug-likeness (QED) is 0.385. The Balaban J connectivity index is 2.11. The van der Waals surface area contributed by atoms with Crippen molar-refractivity contribution in [3.8, 4) is 5.75 Å². The zero-order valence-corrected chi connectivity index (χ0v) is 18.0. The first kappa shape index (κ1) is 22.5. The minimum absolute atomic E-state index is 0.00185. The summed E-state index contributed by atoms with van der Waals surface area (Å²) in [6.45, 7) is 3.53. The molecule has 3 rings (SSSR count). The Kier molecular flexibility index (Phi) is 7.07. The van der Waals surface area contributed by atoms with Gasteiger partial charge in [-0.05, 0) is 48.4 Å². The Hall–Kier alpha value is -3.19. The van der Waals surface area contributed by atoms with E-state index in [1.165, 1.54) is 29.2 Å². The number of hydrogen-bond acceptors (Lipinski definition) is 4. The third kappa shape index (κ3) is 4.94. The topological polar surface area (TPSA) is 71.3 Å². The number of amides is 1. The van der Waals surface area contributed by atoms with Crippen LogP contribution in [-0.2, 0) is 9.59 Å². The van der Waals surface area contributed by atoms with Crippen molar-refractivity contribution in [2.45, 2.75) is 19.4 Å². The fraction of sp³-hybridized carbons (Fsp3) is 0.333. The minimum Gasteiger partial charge on any atom is -0.507 e. The summed E-state index contributed by atoms with van der Waals surface area (Å²) < 4.78 is 19.1. The summed E-state index contributed by atoms with van der Waals surface area (Å²) in [7, 11) is 3.92. The number of likely N-dealkylation sites (N-methyl/N-ethyl adjacent to an activating group) is 1. The largest absolute Gasteiger partial charge is 0.507 e. The predicted octanol–water partition coefficient (Wildman–Crippen LogP) is 2.18. The molecule has 1 heterocycles. The zero-order chi connectivity index (χ0) is 22.5. The molecule has 2 aromatic rings. The summed E-state index contributed by atoms with van der Waals surface area (Å²) >= 11 is 0. The zero-order valence-electron chi connectivity index (χ0n) is 18.0. The van der Waals surface area contributed by atoms with Crippen LogP contribution in [-0.4, -0.2) is 55.5 Å². The van der Waals surface area contributed by atoms with Gasteiger partial charge in [-0.3, -0.25) is 9.59 Å². The first-order valence-electron chi connectivity index (χ1n) is 10.4. The van der Waals surface area contributed by atoms with E-state index in [1.807, 2.05) is 33.2 Å². The molecular formula is C24H28FN2O4+. The summed E-state index contributed by atoms with van der Waals surface area (Å²) in [5.74, 6) is -1.55. The van der Waals surface area contributed by atoms with Gasteiger partial charge in [0, 0.05) is 5.56 Å². The van der Waals surface area contributed by atoms with Crippen LogP contribution in [0.15, 0.2) is 54.1 Å². The number of rotatable bonds is 8. The SMILES string of the molecule is CCCOc1cccc([C@H]2/C(=C(/O)c3ccc(F)cc3)C(=O)C(=O)N2CC[NH+](C)C)c1. The van der Waals surface area contributed by atoms with Gasteiger partial charge in [0.05, 0.1) is 45.4 Å². The maximum absolute atomic E-state index is 13.3. The maximum Gasteiger partial charge on any atom is 0.295 e. The average molecular weight is 427 g/mol. The second-order valence-electron chi connectivity index (χ2n) is 7.88. The van der Waals surface area contributed by atoms with Crippen molar-refractivity contribution >= 4 is 17.4 Å². The molecule has 164 valence electrons. The first-order valence-corrected chi connectivity index (χ1v) is 10.4. The lowest BCUT2D eigenvalue weighted by molar-refractivity contribution is -0.857. The van der Waals surface area contributed by atoms with Gasteiger partial charge in [-0.15, -0.1) is 0 Å². The number of Topliss-reactive ketones (excluding diaryl/α,β-unsaturated/α-hetero) is 1. The molecule has 2 N–H and O–H groups in total. The van der Waals surface area contributed by atoms with E-state index in [-0.39, 0.29) is 16.9 Å². The van der Waals surface area contributed by atoms with Crippen molar-refractivity contribution in [3.05, 3.63) is 71.0 Å². The number of halogens is 1. The van der Waals surface area contributed by atoms with E-state index >= 15 is 0 Å². The third-order valence-electron chi connectivity index (χ3n) is 5.16. The molecule has 0 aliphatic carbocycles. The van der Waals surface area contributed by atoms with E-state index in [9.17, 15) is 19.1 Å². The van der Waals surface area contributed by atoms with Gasteiger partial charge in [-0.2, -0.15) is 0 Å². The molecule has 1 atom stereocenters. The number of benzene rings is 2. The van der Waals surface area contributed by atoms with E-state index in [2.05, 4.69) is 0 Å². The maximum atomic E-state index is 13.3. The highest BCUT2D eigenvalue weighted by Gasteiger charge is 2.46. The molecule has 1 saturated heterocycles. The van der Waals surface area contributed by atoms with E-state index in [0.29, 0.717) is 31.0 Å². The Morgan fingerprint density at radius 1 is 1.16 bits per heavy atom. The fourth-order valence-corrected chi connectivity index (χ4v) is 3.56. The Bertz CT molecular complexity index is 985. The lowest BCUT2D eigenvalue weighted by Gasteiger charge is -2.26. The monoisotopic (exact) mass is 427 g/mol. The number of hydrogen-bond donors (Lipinski definition) is 2. The molecule has 31 heavy (non-hydrogen) atoms. The Labute approximate surface area is 181 Å². The number of aliphatic hydroxyl groups excluding tert-OH is 1. The standard InChI is InChI=1S/C24H27FN2O4/c1-4-14-31-19-7-5-6-17(15-19)21-20(22(28)16-8-10-18(25)11-9-16)23(29)24(30)27(21)13-12-26(2)3/h5-11,15,21,28H,4,12-14H2,1-3H3/p+1/b22-20-/t21-/m0/s1. The van der Waals surface area contributed by atoms with Gasteiger partial charge >= 0.3 is 0 Å². The van der Waals surface area contributed by atoms with Gasteiger partial charge in [0.1, 0.15) is 17.3 Å². The number of likely N-dealkylation sites (tertiary alicyclic amines) is 1. The lowest BCUT2D eigenvalue weighted by atomic mass is 9.95. The van der Waals surface area contributed by atoms with Crippen LogP contribution in [0.25, 0.3) is 5.76 Å². The van der Waals surface area contributed by atoms with Crippen LogP contribution in [0.2, 0.25) is 0 Å². The van der Waals surface area contributed by atoms with Crippen LogP contribution in [0.4, 0.5) is 4.39 Å². The fourth-order valence-electron chi connectivity index (χ4n) is 3.56. The highest BCUT2D eigenvalue weighted by Crippen LogP contribution is 2.40. The summed E-state index contributed by atoms with van der Waals surface area (Å²) in [5, 5.41) is 11.0. The van der Waals surface area contributed by atoms with Crippen molar-refractivity contribution in [2.75, 3.05) is 33.8 Å².